The predicted octanol–water partition coefficient (Wildman–Crippen LogP) is 2.83. The molecule has 1 aromatic heterocycles. The number of aliphatic carboxylic acids is 1. The highest BCUT2D eigenvalue weighted by molar-refractivity contribution is 5.92. The summed E-state index contributed by atoms with van der Waals surface area (Å²) in [4.78, 5) is 17.1. The van der Waals surface area contributed by atoms with E-state index in [2.05, 4.69) is 4.98 Å². The first-order chi connectivity index (χ1) is 11.7. The third kappa shape index (κ3) is 3.39. The number of halogens is 3. The molecule has 0 amide bonds. The van der Waals surface area contributed by atoms with Crippen molar-refractivity contribution in [1.82, 2.24) is 4.98 Å². The molecule has 25 heavy (non-hydrogen) atoms. The topological polar surface area (TPSA) is 73.7 Å². The molecule has 0 aliphatic carbocycles. The van der Waals surface area contributed by atoms with Crippen LogP contribution in [0.15, 0.2) is 24.3 Å². The third-order valence-electron chi connectivity index (χ3n) is 4.48. The summed E-state index contributed by atoms with van der Waals surface area (Å²) >= 11 is 0. The van der Waals surface area contributed by atoms with Crippen LogP contribution in [0, 0.1) is 12.8 Å². The van der Waals surface area contributed by atoms with E-state index in [0.29, 0.717) is 23.3 Å². The Balaban J connectivity index is 2.01. The number of hydrogen-bond acceptors (Lipinski definition) is 4. The van der Waals surface area contributed by atoms with Crippen molar-refractivity contribution in [2.45, 2.75) is 25.6 Å². The van der Waals surface area contributed by atoms with Gasteiger partial charge in [0.05, 0.1) is 23.1 Å². The molecule has 1 aliphatic heterocycles. The van der Waals surface area contributed by atoms with Crippen molar-refractivity contribution in [2.24, 2.45) is 5.92 Å². The van der Waals surface area contributed by atoms with Crippen molar-refractivity contribution in [3.63, 3.8) is 0 Å². The maximum absolute atomic E-state index is 12.9. The molecule has 0 unspecified atom stereocenters. The lowest BCUT2D eigenvalue weighted by atomic mass is 9.93. The Labute approximate surface area is 141 Å². The number of nitrogens with zero attached hydrogens (tertiary/aromatic N) is 2. The Morgan fingerprint density at radius 3 is 2.64 bits per heavy atom. The minimum Gasteiger partial charge on any atom is -0.481 e. The minimum absolute atomic E-state index is 0.108. The van der Waals surface area contributed by atoms with Gasteiger partial charge < -0.3 is 15.1 Å². The third-order valence-corrected chi connectivity index (χ3v) is 4.48. The van der Waals surface area contributed by atoms with E-state index < -0.39 is 29.7 Å². The molecule has 1 aromatic carbocycles. The number of aliphatic hydroxyl groups excluding tert-OH is 1. The van der Waals surface area contributed by atoms with Crippen LogP contribution in [0.5, 0.6) is 0 Å². The molecule has 1 aliphatic rings. The van der Waals surface area contributed by atoms with Gasteiger partial charge in [0.2, 0.25) is 0 Å². The number of piperidine rings is 1. The highest BCUT2D eigenvalue weighted by atomic mass is 19.4. The van der Waals surface area contributed by atoms with Crippen LogP contribution >= 0.6 is 0 Å². The predicted molar refractivity (Wildman–Crippen MR) is 85.4 cm³/mol. The molecule has 2 heterocycles. The van der Waals surface area contributed by atoms with Crippen LogP contribution in [0.4, 0.5) is 18.9 Å². The fraction of sp³-hybridized carbons (Fsp3) is 0.412. The number of aryl methyl sites for hydroxylation is 1. The summed E-state index contributed by atoms with van der Waals surface area (Å²) < 4.78 is 38.7. The zero-order valence-electron chi connectivity index (χ0n) is 13.4. The molecular formula is C17H17F3N2O3. The van der Waals surface area contributed by atoms with Gasteiger partial charge in [-0.2, -0.15) is 13.2 Å². The van der Waals surface area contributed by atoms with Crippen molar-refractivity contribution < 1.29 is 28.2 Å². The Bertz CT molecular complexity index is 823. The lowest BCUT2D eigenvalue weighted by Crippen LogP contribution is -2.46. The highest BCUT2D eigenvalue weighted by Crippen LogP contribution is 2.35. The van der Waals surface area contributed by atoms with Gasteiger partial charge in [-0.1, -0.05) is 6.07 Å². The number of hydrogen-bond donors (Lipinski definition) is 2. The van der Waals surface area contributed by atoms with Gasteiger partial charge in [-0.05, 0) is 31.5 Å². The van der Waals surface area contributed by atoms with Crippen LogP contribution < -0.4 is 4.90 Å². The number of β-amino-alcohol motifs (C(OH)–C–C–N with tert-alkyl or cyclic N) is 1. The maximum Gasteiger partial charge on any atom is 0.416 e. The fourth-order valence-corrected chi connectivity index (χ4v) is 3.22. The molecule has 134 valence electrons. The Morgan fingerprint density at radius 2 is 2.04 bits per heavy atom. The quantitative estimate of drug-likeness (QED) is 0.868. The number of carboxylic acid groups (broad SMARTS) is 1. The molecule has 8 heteroatoms. The molecule has 0 saturated carbocycles. The molecular weight excluding hydrogens is 337 g/mol. The van der Waals surface area contributed by atoms with Crippen LogP contribution in [-0.2, 0) is 11.0 Å². The van der Waals surface area contributed by atoms with E-state index in [9.17, 15) is 23.1 Å². The first-order valence-corrected chi connectivity index (χ1v) is 7.81. The molecule has 1 fully saturated rings. The standard InChI is InChI=1S/C17H17F3N2O3/c1-9-6-14(22-5-4-12(16(24)25)15(23)8-22)11-3-2-10(17(18,19)20)7-13(11)21-9/h2-3,6-7,12,15,23H,4-5,8H2,1H3,(H,24,25)/t12-,15+/m0/s1. The second-order valence-corrected chi connectivity index (χ2v) is 6.26. The average molecular weight is 354 g/mol. The molecule has 2 atom stereocenters. The van der Waals surface area contributed by atoms with Crippen LogP contribution in [0.2, 0.25) is 0 Å². The molecule has 0 bridgehead atoms. The minimum atomic E-state index is -4.45. The van der Waals surface area contributed by atoms with E-state index in [4.69, 9.17) is 5.11 Å². The van der Waals surface area contributed by atoms with Gasteiger partial charge in [0.15, 0.2) is 0 Å². The zero-order valence-corrected chi connectivity index (χ0v) is 13.4. The van der Waals surface area contributed by atoms with E-state index in [0.717, 1.165) is 12.1 Å². The fourth-order valence-electron chi connectivity index (χ4n) is 3.22. The second kappa shape index (κ2) is 6.18. The van der Waals surface area contributed by atoms with Crippen molar-refractivity contribution in [3.05, 3.63) is 35.5 Å². The van der Waals surface area contributed by atoms with Gasteiger partial charge in [0.25, 0.3) is 0 Å². The first kappa shape index (κ1) is 17.5. The van der Waals surface area contributed by atoms with Crippen molar-refractivity contribution in [3.8, 4) is 0 Å². The number of aliphatic hydroxyl groups is 1. The summed E-state index contributed by atoms with van der Waals surface area (Å²) in [6.45, 7) is 2.19. The average Bonchev–Trinajstić information content (AvgIpc) is 2.52. The normalized spacial score (nSPS) is 21.6. The lowest BCUT2D eigenvalue weighted by molar-refractivity contribution is -0.146. The lowest BCUT2D eigenvalue weighted by Gasteiger charge is -2.36. The number of pyridine rings is 1. The van der Waals surface area contributed by atoms with Gasteiger partial charge in [0, 0.05) is 29.9 Å². The molecule has 2 N–H and O–H groups in total. The molecule has 2 aromatic rings. The Morgan fingerprint density at radius 1 is 1.32 bits per heavy atom. The van der Waals surface area contributed by atoms with Crippen LogP contribution in [-0.4, -0.2) is 40.4 Å². The Kier molecular flexibility index (Phi) is 4.32. The molecule has 5 nitrogen and oxygen atoms in total. The summed E-state index contributed by atoms with van der Waals surface area (Å²) in [5.74, 6) is -1.87. The van der Waals surface area contributed by atoms with E-state index in [1.54, 1.807) is 17.9 Å². The van der Waals surface area contributed by atoms with Crippen LogP contribution in [0.25, 0.3) is 10.9 Å². The number of anilines is 1. The smallest absolute Gasteiger partial charge is 0.416 e. The van der Waals surface area contributed by atoms with Gasteiger partial charge in [-0.3, -0.25) is 9.78 Å². The van der Waals surface area contributed by atoms with Crippen molar-refractivity contribution in [2.75, 3.05) is 18.0 Å². The monoisotopic (exact) mass is 354 g/mol. The van der Waals surface area contributed by atoms with E-state index in [1.807, 2.05) is 0 Å². The SMILES string of the molecule is Cc1cc(N2CC[C@H](C(=O)O)[C@H](O)C2)c2ccc(C(F)(F)F)cc2n1. The summed E-state index contributed by atoms with van der Waals surface area (Å²) in [6.07, 6.45) is -5.22. The largest absolute Gasteiger partial charge is 0.481 e. The number of carboxylic acids is 1. The summed E-state index contributed by atoms with van der Waals surface area (Å²) in [7, 11) is 0. The summed E-state index contributed by atoms with van der Waals surface area (Å²) in [6, 6.07) is 5.12. The number of benzene rings is 1. The van der Waals surface area contributed by atoms with Gasteiger partial charge in [0.1, 0.15) is 0 Å². The van der Waals surface area contributed by atoms with Crippen LogP contribution in [0.3, 0.4) is 0 Å². The molecule has 3 rings (SSSR count). The van der Waals surface area contributed by atoms with Gasteiger partial charge >= 0.3 is 12.1 Å². The summed E-state index contributed by atoms with van der Waals surface area (Å²) in [5, 5.41) is 19.7. The van der Waals surface area contributed by atoms with E-state index in [1.165, 1.54) is 6.07 Å². The first-order valence-electron chi connectivity index (χ1n) is 7.81. The van der Waals surface area contributed by atoms with Crippen molar-refractivity contribution in [1.29, 1.82) is 0 Å². The van der Waals surface area contributed by atoms with Crippen molar-refractivity contribution >= 4 is 22.6 Å². The summed E-state index contributed by atoms with van der Waals surface area (Å²) in [5.41, 5.74) is 0.657. The number of alkyl halides is 3. The van der Waals surface area contributed by atoms with E-state index in [-0.39, 0.29) is 18.5 Å². The molecule has 0 radical (unpaired) electrons. The van der Waals surface area contributed by atoms with Crippen LogP contribution in [0.1, 0.15) is 17.7 Å². The van der Waals surface area contributed by atoms with Gasteiger partial charge in [-0.15, -0.1) is 0 Å². The maximum atomic E-state index is 12.9. The zero-order chi connectivity index (χ0) is 18.4. The second-order valence-electron chi connectivity index (χ2n) is 6.26. The molecule has 1 saturated heterocycles. The number of rotatable bonds is 2. The number of aromatic nitrogens is 1. The number of fused-ring (bicyclic) bond motifs is 1. The van der Waals surface area contributed by atoms with E-state index >= 15 is 0 Å². The molecule has 0 spiro atoms. The van der Waals surface area contributed by atoms with Gasteiger partial charge in [-0.25, -0.2) is 0 Å². The number of carbonyl (C=O) groups is 1. The highest BCUT2D eigenvalue weighted by Gasteiger charge is 2.34. The Hall–Kier alpha value is -2.35.